The molecule has 80 valence electrons. The summed E-state index contributed by atoms with van der Waals surface area (Å²) in [6.45, 7) is 4.24. The van der Waals surface area contributed by atoms with E-state index < -0.39 is 0 Å². The molecule has 3 heteroatoms. The first-order valence-electron chi connectivity index (χ1n) is 4.88. The number of ether oxygens (including phenoxy) is 1. The van der Waals surface area contributed by atoms with Crippen molar-refractivity contribution in [2.24, 2.45) is 0 Å². The number of para-hydroxylation sites is 1. The van der Waals surface area contributed by atoms with Crippen molar-refractivity contribution in [2.75, 3.05) is 13.2 Å². The van der Waals surface area contributed by atoms with Crippen LogP contribution in [0.2, 0.25) is 0 Å². The molecule has 0 fully saturated rings. The normalized spacial score (nSPS) is 9.33. The van der Waals surface area contributed by atoms with Gasteiger partial charge in [-0.1, -0.05) is 24.3 Å². The molecule has 1 N–H and O–H groups in total. The molecule has 1 aromatic carbocycles. The molecule has 0 saturated heterocycles. The van der Waals surface area contributed by atoms with Crippen molar-refractivity contribution in [1.82, 2.24) is 5.32 Å². The molecule has 0 saturated carbocycles. The largest absolute Gasteiger partial charge is 0.484 e. The van der Waals surface area contributed by atoms with Crippen LogP contribution in [0.3, 0.4) is 0 Å². The second kappa shape index (κ2) is 6.65. The zero-order valence-electron chi connectivity index (χ0n) is 8.61. The van der Waals surface area contributed by atoms with Gasteiger partial charge in [0.25, 0.3) is 5.91 Å². The van der Waals surface area contributed by atoms with Crippen molar-refractivity contribution in [3.8, 4) is 5.75 Å². The summed E-state index contributed by atoms with van der Waals surface area (Å²) in [6.07, 6.45) is 2.54. The van der Waals surface area contributed by atoms with Gasteiger partial charge < -0.3 is 10.1 Å². The number of hydrogen-bond acceptors (Lipinski definition) is 2. The maximum atomic E-state index is 11.2. The lowest BCUT2D eigenvalue weighted by Crippen LogP contribution is -2.29. The maximum absolute atomic E-state index is 11.2. The van der Waals surface area contributed by atoms with Gasteiger partial charge in [-0.05, 0) is 18.6 Å². The quantitative estimate of drug-likeness (QED) is 0.567. The van der Waals surface area contributed by atoms with Crippen molar-refractivity contribution in [3.05, 3.63) is 43.0 Å². The van der Waals surface area contributed by atoms with Gasteiger partial charge in [-0.3, -0.25) is 4.79 Å². The van der Waals surface area contributed by atoms with E-state index in [0.717, 1.165) is 6.42 Å². The molecule has 1 rings (SSSR count). The summed E-state index contributed by atoms with van der Waals surface area (Å²) in [7, 11) is 0. The van der Waals surface area contributed by atoms with Crippen LogP contribution in [0.1, 0.15) is 6.42 Å². The molecule has 1 aromatic rings. The fourth-order valence-electron chi connectivity index (χ4n) is 1.03. The summed E-state index contributed by atoms with van der Waals surface area (Å²) in [5.74, 6) is 0.595. The molecule has 0 aliphatic rings. The third-order valence-electron chi connectivity index (χ3n) is 1.78. The van der Waals surface area contributed by atoms with Crippen LogP contribution in [0.15, 0.2) is 43.0 Å². The smallest absolute Gasteiger partial charge is 0.257 e. The first-order chi connectivity index (χ1) is 7.33. The molecule has 0 heterocycles. The average molecular weight is 205 g/mol. The van der Waals surface area contributed by atoms with Gasteiger partial charge in [0.2, 0.25) is 0 Å². The lowest BCUT2D eigenvalue weighted by molar-refractivity contribution is -0.123. The summed E-state index contributed by atoms with van der Waals surface area (Å²) in [5, 5.41) is 2.72. The summed E-state index contributed by atoms with van der Waals surface area (Å²) in [6, 6.07) is 9.26. The number of hydrogen-bond donors (Lipinski definition) is 1. The minimum absolute atomic E-state index is 0.0567. The van der Waals surface area contributed by atoms with Crippen molar-refractivity contribution in [2.45, 2.75) is 6.42 Å². The molecular weight excluding hydrogens is 190 g/mol. The summed E-state index contributed by atoms with van der Waals surface area (Å²) < 4.78 is 5.26. The first-order valence-corrected chi connectivity index (χ1v) is 4.88. The molecule has 0 radical (unpaired) electrons. The Labute approximate surface area is 89.8 Å². The van der Waals surface area contributed by atoms with Gasteiger partial charge in [0.15, 0.2) is 6.61 Å². The summed E-state index contributed by atoms with van der Waals surface area (Å²) in [5.41, 5.74) is 0. The number of carbonyl (C=O) groups excluding carboxylic acids is 1. The Kier molecular flexibility index (Phi) is 5.01. The monoisotopic (exact) mass is 205 g/mol. The van der Waals surface area contributed by atoms with E-state index in [2.05, 4.69) is 11.9 Å². The van der Waals surface area contributed by atoms with Crippen LogP contribution in [-0.2, 0) is 4.79 Å². The molecule has 0 aliphatic carbocycles. The van der Waals surface area contributed by atoms with Crippen LogP contribution in [0, 0.1) is 0 Å². The van der Waals surface area contributed by atoms with Crippen molar-refractivity contribution >= 4 is 5.91 Å². The fourth-order valence-corrected chi connectivity index (χ4v) is 1.03. The van der Waals surface area contributed by atoms with Crippen LogP contribution in [0.5, 0.6) is 5.75 Å². The van der Waals surface area contributed by atoms with Crippen LogP contribution >= 0.6 is 0 Å². The van der Waals surface area contributed by atoms with Crippen molar-refractivity contribution < 1.29 is 9.53 Å². The van der Waals surface area contributed by atoms with Crippen LogP contribution in [-0.4, -0.2) is 19.1 Å². The highest BCUT2D eigenvalue weighted by molar-refractivity contribution is 5.77. The molecule has 0 spiro atoms. The van der Waals surface area contributed by atoms with Gasteiger partial charge in [0.1, 0.15) is 5.75 Å². The zero-order chi connectivity index (χ0) is 10.9. The van der Waals surface area contributed by atoms with E-state index in [0.29, 0.717) is 12.3 Å². The highest BCUT2D eigenvalue weighted by Crippen LogP contribution is 2.07. The Morgan fingerprint density at radius 2 is 2.13 bits per heavy atom. The highest BCUT2D eigenvalue weighted by atomic mass is 16.5. The molecule has 0 unspecified atom stereocenters. The Morgan fingerprint density at radius 1 is 1.40 bits per heavy atom. The first kappa shape index (κ1) is 11.3. The van der Waals surface area contributed by atoms with Crippen LogP contribution in [0.25, 0.3) is 0 Å². The Morgan fingerprint density at radius 3 is 2.80 bits per heavy atom. The van der Waals surface area contributed by atoms with E-state index in [4.69, 9.17) is 4.74 Å². The second-order valence-corrected chi connectivity index (χ2v) is 3.03. The standard InChI is InChI=1S/C12H15NO2/c1-2-3-9-13-12(14)10-15-11-7-5-4-6-8-11/h2,4-8H,1,3,9-10H2,(H,13,14). The van der Waals surface area contributed by atoms with Gasteiger partial charge >= 0.3 is 0 Å². The molecule has 3 nitrogen and oxygen atoms in total. The van der Waals surface area contributed by atoms with E-state index in [1.165, 1.54) is 0 Å². The van der Waals surface area contributed by atoms with Crippen molar-refractivity contribution in [1.29, 1.82) is 0 Å². The minimum Gasteiger partial charge on any atom is -0.484 e. The molecule has 1 amide bonds. The lowest BCUT2D eigenvalue weighted by Gasteiger charge is -2.06. The lowest BCUT2D eigenvalue weighted by atomic mass is 10.3. The summed E-state index contributed by atoms with van der Waals surface area (Å²) >= 11 is 0. The van der Waals surface area contributed by atoms with Gasteiger partial charge in [0, 0.05) is 6.54 Å². The average Bonchev–Trinajstić information content (AvgIpc) is 2.28. The van der Waals surface area contributed by atoms with Gasteiger partial charge in [-0.25, -0.2) is 0 Å². The van der Waals surface area contributed by atoms with E-state index in [1.54, 1.807) is 6.08 Å². The second-order valence-electron chi connectivity index (χ2n) is 3.03. The maximum Gasteiger partial charge on any atom is 0.257 e. The molecular formula is C12H15NO2. The van der Waals surface area contributed by atoms with E-state index in [1.807, 2.05) is 30.3 Å². The SMILES string of the molecule is C=CCCNC(=O)COc1ccccc1. The summed E-state index contributed by atoms with van der Waals surface area (Å²) in [4.78, 5) is 11.2. The van der Waals surface area contributed by atoms with Gasteiger partial charge in [-0.2, -0.15) is 0 Å². The number of carbonyl (C=O) groups is 1. The van der Waals surface area contributed by atoms with E-state index in [9.17, 15) is 4.79 Å². The molecule has 0 aromatic heterocycles. The zero-order valence-corrected chi connectivity index (χ0v) is 8.61. The Hall–Kier alpha value is -1.77. The van der Waals surface area contributed by atoms with Gasteiger partial charge in [-0.15, -0.1) is 6.58 Å². The topological polar surface area (TPSA) is 38.3 Å². The predicted molar refractivity (Wildman–Crippen MR) is 59.8 cm³/mol. The van der Waals surface area contributed by atoms with E-state index >= 15 is 0 Å². The van der Waals surface area contributed by atoms with E-state index in [-0.39, 0.29) is 12.5 Å². The minimum atomic E-state index is -0.110. The van der Waals surface area contributed by atoms with Crippen LogP contribution in [0.4, 0.5) is 0 Å². The number of amides is 1. The highest BCUT2D eigenvalue weighted by Gasteiger charge is 2.00. The molecule has 0 atom stereocenters. The van der Waals surface area contributed by atoms with Crippen LogP contribution < -0.4 is 10.1 Å². The number of benzene rings is 1. The third-order valence-corrected chi connectivity index (χ3v) is 1.78. The number of rotatable bonds is 6. The Bertz CT molecular complexity index is 309. The number of nitrogens with one attached hydrogen (secondary N) is 1. The molecule has 0 bridgehead atoms. The molecule has 0 aliphatic heterocycles. The Balaban J connectivity index is 2.20. The third kappa shape index (κ3) is 4.86. The fraction of sp³-hybridized carbons (Fsp3) is 0.250. The predicted octanol–water partition coefficient (Wildman–Crippen LogP) is 1.76. The van der Waals surface area contributed by atoms with Gasteiger partial charge in [0.05, 0.1) is 0 Å². The molecule has 15 heavy (non-hydrogen) atoms. The van der Waals surface area contributed by atoms with Crippen molar-refractivity contribution in [3.63, 3.8) is 0 Å².